The highest BCUT2D eigenvalue weighted by Gasteiger charge is 2.56. The van der Waals surface area contributed by atoms with Crippen LogP contribution in [0.5, 0.6) is 0 Å². The van der Waals surface area contributed by atoms with Crippen LogP contribution in [0, 0.1) is 11.3 Å². The Morgan fingerprint density at radius 1 is 1.73 bits per heavy atom. The van der Waals surface area contributed by atoms with Crippen LogP contribution in [-0.4, -0.2) is 18.6 Å². The molecule has 1 amide bonds. The number of fused-ring (bicyclic) bond motifs is 1. The second-order valence-electron chi connectivity index (χ2n) is 3.83. The maximum atomic E-state index is 10.9. The third-order valence-electron chi connectivity index (χ3n) is 3.22. The van der Waals surface area contributed by atoms with Crippen LogP contribution in [-0.2, 0) is 9.53 Å². The highest BCUT2D eigenvalue weighted by Crippen LogP contribution is 2.54. The lowest BCUT2D eigenvalue weighted by Crippen LogP contribution is -2.44. The Kier molecular flexibility index (Phi) is 1.27. The van der Waals surface area contributed by atoms with Crippen molar-refractivity contribution in [3.05, 3.63) is 0 Å². The van der Waals surface area contributed by atoms with Crippen LogP contribution in [0.3, 0.4) is 0 Å². The van der Waals surface area contributed by atoms with Gasteiger partial charge in [0, 0.05) is 11.3 Å². The second-order valence-corrected chi connectivity index (χ2v) is 3.83. The lowest BCUT2D eigenvalue weighted by Gasteiger charge is -2.38. The van der Waals surface area contributed by atoms with E-state index in [1.165, 1.54) is 0 Å². The summed E-state index contributed by atoms with van der Waals surface area (Å²) in [4.78, 5) is 10.9. The molecule has 3 aliphatic rings. The van der Waals surface area contributed by atoms with Crippen molar-refractivity contribution in [1.82, 2.24) is 0 Å². The Bertz CT molecular complexity index is 191. The molecule has 0 aromatic carbocycles. The number of carbonyl (C=O) groups is 1. The molecular formula is C8H13NO2. The van der Waals surface area contributed by atoms with Crippen molar-refractivity contribution in [2.45, 2.75) is 25.9 Å². The van der Waals surface area contributed by atoms with E-state index in [0.29, 0.717) is 6.10 Å². The molecule has 2 N–H and O–H groups in total. The van der Waals surface area contributed by atoms with Gasteiger partial charge >= 0.3 is 0 Å². The van der Waals surface area contributed by atoms with E-state index in [1.54, 1.807) is 0 Å². The van der Waals surface area contributed by atoms with Crippen LogP contribution in [0.15, 0.2) is 0 Å². The smallest absolute Gasteiger partial charge is 0.220 e. The van der Waals surface area contributed by atoms with Gasteiger partial charge in [-0.2, -0.15) is 0 Å². The highest BCUT2D eigenvalue weighted by atomic mass is 16.5. The minimum Gasteiger partial charge on any atom is -0.378 e. The van der Waals surface area contributed by atoms with Crippen molar-refractivity contribution >= 4 is 5.91 Å². The predicted molar refractivity (Wildman–Crippen MR) is 39.8 cm³/mol. The maximum absolute atomic E-state index is 10.9. The van der Waals surface area contributed by atoms with Crippen molar-refractivity contribution in [3.8, 4) is 0 Å². The first kappa shape index (κ1) is 7.10. The molecule has 1 unspecified atom stereocenters. The largest absolute Gasteiger partial charge is 0.378 e. The van der Waals surface area contributed by atoms with Gasteiger partial charge in [-0.05, 0) is 12.8 Å². The van der Waals surface area contributed by atoms with Gasteiger partial charge in [-0.3, -0.25) is 4.79 Å². The van der Waals surface area contributed by atoms with E-state index in [0.717, 1.165) is 19.4 Å². The molecule has 0 radical (unpaired) electrons. The second kappa shape index (κ2) is 1.97. The minimum atomic E-state index is -0.186. The minimum absolute atomic E-state index is 0.0127. The van der Waals surface area contributed by atoms with Gasteiger partial charge in [0.1, 0.15) is 0 Å². The molecule has 3 rings (SSSR count). The monoisotopic (exact) mass is 155 g/mol. The van der Waals surface area contributed by atoms with Gasteiger partial charge < -0.3 is 10.5 Å². The summed E-state index contributed by atoms with van der Waals surface area (Å²) in [6.07, 6.45) is 2.51. The Labute approximate surface area is 65.9 Å². The summed E-state index contributed by atoms with van der Waals surface area (Å²) >= 11 is 0. The highest BCUT2D eigenvalue weighted by molar-refractivity contribution is 5.77. The number of hydrogen-bond donors (Lipinski definition) is 1. The number of hydrogen-bond acceptors (Lipinski definition) is 2. The molecule has 2 bridgehead atoms. The molecule has 2 heterocycles. The molecule has 3 fully saturated rings. The molecular weight excluding hydrogens is 142 g/mol. The van der Waals surface area contributed by atoms with E-state index in [1.807, 2.05) is 6.92 Å². The first-order valence-corrected chi connectivity index (χ1v) is 4.05. The number of nitrogens with two attached hydrogens (primary N) is 1. The number of carbonyl (C=O) groups excluding carboxylic acids is 1. The van der Waals surface area contributed by atoms with E-state index in [-0.39, 0.29) is 17.2 Å². The van der Waals surface area contributed by atoms with Crippen LogP contribution in [0.25, 0.3) is 0 Å². The molecule has 1 aliphatic carbocycles. The average molecular weight is 155 g/mol. The first-order chi connectivity index (χ1) is 5.14. The average Bonchev–Trinajstić information content (AvgIpc) is 2.40. The Morgan fingerprint density at radius 2 is 2.36 bits per heavy atom. The summed E-state index contributed by atoms with van der Waals surface area (Å²) in [5, 5.41) is 0. The Morgan fingerprint density at radius 3 is 2.73 bits per heavy atom. The quantitative estimate of drug-likeness (QED) is 0.623. The molecule has 0 aromatic rings. The van der Waals surface area contributed by atoms with Crippen LogP contribution in [0.4, 0.5) is 0 Å². The molecule has 11 heavy (non-hydrogen) atoms. The summed E-state index contributed by atoms with van der Waals surface area (Å²) in [5.74, 6) is -0.199. The van der Waals surface area contributed by atoms with Crippen LogP contribution < -0.4 is 5.73 Å². The van der Waals surface area contributed by atoms with E-state index in [4.69, 9.17) is 10.5 Å². The van der Waals surface area contributed by atoms with Crippen LogP contribution in [0.1, 0.15) is 19.8 Å². The van der Waals surface area contributed by atoms with Crippen molar-refractivity contribution in [3.63, 3.8) is 0 Å². The summed E-state index contributed by atoms with van der Waals surface area (Å²) in [6, 6.07) is 0. The number of ether oxygens (including phenoxy) is 1. The van der Waals surface area contributed by atoms with Crippen molar-refractivity contribution in [2.24, 2.45) is 17.1 Å². The van der Waals surface area contributed by atoms with Crippen molar-refractivity contribution in [1.29, 1.82) is 0 Å². The fraction of sp³-hybridized carbons (Fsp3) is 0.875. The van der Waals surface area contributed by atoms with Crippen LogP contribution >= 0.6 is 0 Å². The molecule has 3 nitrogen and oxygen atoms in total. The standard InChI is InChI=1S/C8H13NO2/c1-5(7(9)10)8-2-6(3-8)11-4-8/h5-6H,2-4H2,1H3,(H2,9,10). The van der Waals surface area contributed by atoms with Gasteiger partial charge in [-0.1, -0.05) is 6.92 Å². The Balaban J connectivity index is 2.10. The molecule has 1 saturated carbocycles. The molecule has 3 heteroatoms. The predicted octanol–water partition coefficient (Wildman–Crippen LogP) is 0.287. The number of amides is 1. The lowest BCUT2D eigenvalue weighted by molar-refractivity contribution is -0.126. The van der Waals surface area contributed by atoms with Gasteiger partial charge in [0.25, 0.3) is 0 Å². The molecule has 2 saturated heterocycles. The molecule has 0 aromatic heterocycles. The van der Waals surface area contributed by atoms with Gasteiger partial charge in [-0.15, -0.1) is 0 Å². The molecule has 1 atom stereocenters. The zero-order valence-electron chi connectivity index (χ0n) is 6.67. The maximum Gasteiger partial charge on any atom is 0.220 e. The third kappa shape index (κ3) is 0.805. The summed E-state index contributed by atoms with van der Waals surface area (Å²) in [7, 11) is 0. The normalized spacial score (nSPS) is 43.2. The van der Waals surface area contributed by atoms with E-state index in [2.05, 4.69) is 0 Å². The van der Waals surface area contributed by atoms with E-state index >= 15 is 0 Å². The first-order valence-electron chi connectivity index (χ1n) is 4.05. The molecule has 0 spiro atoms. The van der Waals surface area contributed by atoms with Crippen molar-refractivity contribution in [2.75, 3.05) is 6.61 Å². The molecule has 2 aliphatic heterocycles. The number of primary amides is 1. The van der Waals surface area contributed by atoms with Gasteiger partial charge in [-0.25, -0.2) is 0 Å². The summed E-state index contributed by atoms with van der Waals surface area (Å²) in [5.41, 5.74) is 5.35. The lowest BCUT2D eigenvalue weighted by atomic mass is 9.63. The van der Waals surface area contributed by atoms with Gasteiger partial charge in [0.2, 0.25) is 5.91 Å². The molecule has 62 valence electrons. The Hall–Kier alpha value is -0.570. The van der Waals surface area contributed by atoms with E-state index < -0.39 is 0 Å². The van der Waals surface area contributed by atoms with E-state index in [9.17, 15) is 4.79 Å². The number of rotatable bonds is 2. The van der Waals surface area contributed by atoms with Gasteiger partial charge in [0.15, 0.2) is 0 Å². The van der Waals surface area contributed by atoms with Crippen molar-refractivity contribution < 1.29 is 9.53 Å². The summed E-state index contributed by atoms with van der Waals surface area (Å²) < 4.78 is 5.39. The topological polar surface area (TPSA) is 52.3 Å². The fourth-order valence-corrected chi connectivity index (χ4v) is 2.15. The zero-order valence-corrected chi connectivity index (χ0v) is 6.67. The zero-order chi connectivity index (χ0) is 8.06. The van der Waals surface area contributed by atoms with Gasteiger partial charge in [0.05, 0.1) is 12.7 Å². The fourth-order valence-electron chi connectivity index (χ4n) is 2.15. The summed E-state index contributed by atoms with van der Waals surface area (Å²) in [6.45, 7) is 2.65. The third-order valence-corrected chi connectivity index (χ3v) is 3.22. The van der Waals surface area contributed by atoms with Crippen LogP contribution in [0.2, 0.25) is 0 Å². The SMILES string of the molecule is CC(C(N)=O)C12COC(C1)C2.